The van der Waals surface area contributed by atoms with Gasteiger partial charge >= 0.3 is 0 Å². The molecule has 0 bridgehead atoms. The molecule has 0 unspecified atom stereocenters. The summed E-state index contributed by atoms with van der Waals surface area (Å²) in [5.41, 5.74) is 4.09. The van der Waals surface area contributed by atoms with Crippen LogP contribution in [0, 0.1) is 31.6 Å². The molecule has 5 nitrogen and oxygen atoms in total. The Labute approximate surface area is 171 Å². The monoisotopic (exact) mass is 393 g/mol. The van der Waals surface area contributed by atoms with Crippen molar-refractivity contribution in [3.8, 4) is 17.6 Å². The molecule has 1 saturated carbocycles. The van der Waals surface area contributed by atoms with Crippen LogP contribution in [0.25, 0.3) is 0 Å². The van der Waals surface area contributed by atoms with E-state index in [9.17, 15) is 4.79 Å². The predicted octanol–water partition coefficient (Wildman–Crippen LogP) is 3.07. The van der Waals surface area contributed by atoms with Gasteiger partial charge in [-0.2, -0.15) is 0 Å². The van der Waals surface area contributed by atoms with Gasteiger partial charge in [0.2, 0.25) is 0 Å². The van der Waals surface area contributed by atoms with Crippen LogP contribution in [0.2, 0.25) is 0 Å². The first-order valence-corrected chi connectivity index (χ1v) is 10.2. The average molecular weight is 393 g/mol. The highest BCUT2D eigenvalue weighted by Gasteiger charge is 2.18. The van der Waals surface area contributed by atoms with E-state index < -0.39 is 0 Å². The molecule has 2 aliphatic rings. The zero-order valence-electron chi connectivity index (χ0n) is 17.1. The Morgan fingerprint density at radius 2 is 2.07 bits per heavy atom. The Bertz CT molecular complexity index is 988. The molecule has 1 aliphatic heterocycles. The van der Waals surface area contributed by atoms with E-state index in [-0.39, 0.29) is 11.7 Å². The van der Waals surface area contributed by atoms with Gasteiger partial charge in [-0.15, -0.1) is 0 Å². The number of nitrogens with zero attached hydrogens (tertiary/aromatic N) is 1. The van der Waals surface area contributed by atoms with Crippen molar-refractivity contribution in [1.82, 2.24) is 4.57 Å². The molecule has 152 valence electrons. The van der Waals surface area contributed by atoms with Crippen LogP contribution in [0.5, 0.6) is 5.75 Å². The number of aryl methyl sites for hydroxylation is 1. The standard InChI is InChI=1S/C24H27NO4/c1-17-12-22(29-16-23-15-27-10-11-28-23)13-24(26)25(17)14-21-5-3-4-20(18(21)2)9-8-19-6-7-19/h3-5,12-13,19,23H,6-7,10-11,14-16H2,1-2H3/t23-/m1/s1. The van der Waals surface area contributed by atoms with E-state index in [1.165, 1.54) is 12.8 Å². The van der Waals surface area contributed by atoms with Gasteiger partial charge in [-0.25, -0.2) is 0 Å². The second-order valence-electron chi connectivity index (χ2n) is 7.77. The van der Waals surface area contributed by atoms with Crippen molar-refractivity contribution in [3.05, 3.63) is 63.1 Å². The SMILES string of the molecule is Cc1c(C#CC2CC2)cccc1Cn1c(C)cc(OC[C@H]2COCCO2)cc1=O. The maximum Gasteiger partial charge on any atom is 0.254 e. The minimum atomic E-state index is -0.0892. The van der Waals surface area contributed by atoms with E-state index >= 15 is 0 Å². The van der Waals surface area contributed by atoms with Crippen LogP contribution in [0.4, 0.5) is 0 Å². The third-order valence-electron chi connectivity index (χ3n) is 5.39. The molecule has 1 aliphatic carbocycles. The van der Waals surface area contributed by atoms with Crippen molar-refractivity contribution in [1.29, 1.82) is 0 Å². The summed E-state index contributed by atoms with van der Waals surface area (Å²) in [6.45, 7) is 6.64. The van der Waals surface area contributed by atoms with Gasteiger partial charge < -0.3 is 18.8 Å². The van der Waals surface area contributed by atoms with Gasteiger partial charge in [-0.1, -0.05) is 24.0 Å². The number of aromatic nitrogens is 1. The van der Waals surface area contributed by atoms with Crippen LogP contribution in [-0.2, 0) is 16.0 Å². The van der Waals surface area contributed by atoms with E-state index in [4.69, 9.17) is 14.2 Å². The Morgan fingerprint density at radius 3 is 2.79 bits per heavy atom. The lowest BCUT2D eigenvalue weighted by Gasteiger charge is -2.23. The molecule has 1 atom stereocenters. The second-order valence-corrected chi connectivity index (χ2v) is 7.77. The summed E-state index contributed by atoms with van der Waals surface area (Å²) in [6, 6.07) is 9.58. The molecule has 2 fully saturated rings. The van der Waals surface area contributed by atoms with E-state index in [0.717, 1.165) is 22.4 Å². The van der Waals surface area contributed by atoms with Gasteiger partial charge in [0.25, 0.3) is 5.56 Å². The average Bonchev–Trinajstić information content (AvgIpc) is 3.55. The number of hydrogen-bond donors (Lipinski definition) is 0. The first kappa shape index (κ1) is 19.8. The van der Waals surface area contributed by atoms with Crippen LogP contribution in [-0.4, -0.2) is 37.1 Å². The zero-order valence-corrected chi connectivity index (χ0v) is 17.1. The fourth-order valence-electron chi connectivity index (χ4n) is 3.37. The van der Waals surface area contributed by atoms with Gasteiger partial charge in [-0.3, -0.25) is 4.79 Å². The summed E-state index contributed by atoms with van der Waals surface area (Å²) in [6.07, 6.45) is 2.34. The fourth-order valence-corrected chi connectivity index (χ4v) is 3.37. The summed E-state index contributed by atoms with van der Waals surface area (Å²) >= 11 is 0. The van der Waals surface area contributed by atoms with Crippen molar-refractivity contribution in [2.24, 2.45) is 5.92 Å². The molecule has 0 N–H and O–H groups in total. The van der Waals surface area contributed by atoms with Gasteiger partial charge in [-0.05, 0) is 49.9 Å². The van der Waals surface area contributed by atoms with Gasteiger partial charge in [0, 0.05) is 23.2 Å². The maximum atomic E-state index is 12.7. The van der Waals surface area contributed by atoms with Crippen LogP contribution in [0.3, 0.4) is 0 Å². The van der Waals surface area contributed by atoms with Crippen molar-refractivity contribution in [2.75, 3.05) is 26.4 Å². The molecule has 1 saturated heterocycles. The van der Waals surface area contributed by atoms with Crippen molar-refractivity contribution in [2.45, 2.75) is 39.3 Å². The normalized spacial score (nSPS) is 18.8. The minimum absolute atomic E-state index is 0.0744. The molecule has 4 rings (SSSR count). The Hall–Kier alpha value is -2.55. The maximum absolute atomic E-state index is 12.7. The summed E-state index contributed by atoms with van der Waals surface area (Å²) in [5.74, 6) is 7.77. The van der Waals surface area contributed by atoms with Crippen molar-refractivity contribution < 1.29 is 14.2 Å². The Kier molecular flexibility index (Phi) is 6.03. The largest absolute Gasteiger partial charge is 0.491 e. The summed E-state index contributed by atoms with van der Waals surface area (Å²) < 4.78 is 18.5. The van der Waals surface area contributed by atoms with Crippen LogP contribution >= 0.6 is 0 Å². The Morgan fingerprint density at radius 1 is 1.21 bits per heavy atom. The molecule has 0 spiro atoms. The predicted molar refractivity (Wildman–Crippen MR) is 111 cm³/mol. The molecule has 0 radical (unpaired) electrons. The number of pyridine rings is 1. The number of rotatable bonds is 5. The minimum Gasteiger partial charge on any atom is -0.491 e. The number of ether oxygens (including phenoxy) is 3. The summed E-state index contributed by atoms with van der Waals surface area (Å²) in [4.78, 5) is 12.7. The third kappa shape index (κ3) is 5.09. The van der Waals surface area contributed by atoms with E-state index in [1.54, 1.807) is 10.6 Å². The van der Waals surface area contributed by atoms with Crippen molar-refractivity contribution in [3.63, 3.8) is 0 Å². The molecule has 29 heavy (non-hydrogen) atoms. The topological polar surface area (TPSA) is 49.7 Å². The van der Waals surface area contributed by atoms with E-state index in [2.05, 4.69) is 30.9 Å². The molecule has 0 amide bonds. The lowest BCUT2D eigenvalue weighted by atomic mass is 10.0. The molecule has 5 heteroatoms. The summed E-state index contributed by atoms with van der Waals surface area (Å²) in [5, 5.41) is 0. The lowest BCUT2D eigenvalue weighted by Crippen LogP contribution is -2.33. The molecule has 2 heterocycles. The molecular weight excluding hydrogens is 366 g/mol. The second kappa shape index (κ2) is 8.86. The molecule has 2 aromatic rings. The smallest absolute Gasteiger partial charge is 0.254 e. The first-order chi connectivity index (χ1) is 14.1. The fraction of sp³-hybridized carbons (Fsp3) is 0.458. The van der Waals surface area contributed by atoms with Crippen molar-refractivity contribution >= 4 is 0 Å². The van der Waals surface area contributed by atoms with Gasteiger partial charge in [0.15, 0.2) is 0 Å². The highest BCUT2D eigenvalue weighted by Crippen LogP contribution is 2.28. The van der Waals surface area contributed by atoms with Gasteiger partial charge in [0.1, 0.15) is 18.5 Å². The molecule has 1 aromatic carbocycles. The van der Waals surface area contributed by atoms with Crippen LogP contribution in [0.1, 0.15) is 35.2 Å². The highest BCUT2D eigenvalue weighted by molar-refractivity contribution is 5.45. The lowest BCUT2D eigenvalue weighted by molar-refractivity contribution is -0.101. The zero-order chi connectivity index (χ0) is 20.2. The highest BCUT2D eigenvalue weighted by atomic mass is 16.6. The summed E-state index contributed by atoms with van der Waals surface area (Å²) in [7, 11) is 0. The van der Waals surface area contributed by atoms with Crippen LogP contribution in [0.15, 0.2) is 35.1 Å². The van der Waals surface area contributed by atoms with Crippen LogP contribution < -0.4 is 10.3 Å². The molecular formula is C24H27NO4. The third-order valence-corrected chi connectivity index (χ3v) is 5.39. The molecule has 1 aromatic heterocycles. The number of benzene rings is 1. The van der Waals surface area contributed by atoms with E-state index in [0.29, 0.717) is 44.6 Å². The quantitative estimate of drug-likeness (QED) is 0.733. The van der Waals surface area contributed by atoms with Gasteiger partial charge in [0.05, 0.1) is 26.4 Å². The number of hydrogen-bond acceptors (Lipinski definition) is 4. The first-order valence-electron chi connectivity index (χ1n) is 10.2. The Balaban J connectivity index is 1.48. The van der Waals surface area contributed by atoms with E-state index in [1.807, 2.05) is 19.1 Å².